The van der Waals surface area contributed by atoms with Gasteiger partial charge in [-0.05, 0) is 29.3 Å². The maximum Gasteiger partial charge on any atom is 0.269 e. The lowest BCUT2D eigenvalue weighted by Crippen LogP contribution is -2.26. The Morgan fingerprint density at radius 3 is 1.97 bits per heavy atom. The van der Waals surface area contributed by atoms with Crippen LogP contribution in [0.4, 0.5) is 0 Å². The topological polar surface area (TPSA) is 34.0 Å². The van der Waals surface area contributed by atoms with E-state index in [1.807, 2.05) is 97.1 Å². The maximum atomic E-state index is 13.6. The molecule has 0 aliphatic rings. The number of amides is 1. The Balaban J connectivity index is 1.62. The Labute approximate surface area is 199 Å². The highest BCUT2D eigenvalue weighted by Crippen LogP contribution is 2.27. The number of nitrogens with zero attached hydrogens (tertiary/aromatic N) is 1. The standard InChI is InChI=1S/C31H24N2O/c34-31(32-22-25-14-6-2-7-15-25)30-28(21-20-24-12-4-1-5-13-24)27-18-10-11-19-29(27)33(30)23-26-16-8-3-9-17-26/h1-19H,22-23H2,(H,32,34). The zero-order valence-corrected chi connectivity index (χ0v) is 18.7. The molecule has 0 fully saturated rings. The number of nitrogens with one attached hydrogen (secondary N) is 1. The van der Waals surface area contributed by atoms with Crippen molar-refractivity contribution in [3.05, 3.63) is 143 Å². The first kappa shape index (κ1) is 21.3. The first-order valence-electron chi connectivity index (χ1n) is 11.3. The Morgan fingerprint density at radius 1 is 0.676 bits per heavy atom. The molecule has 0 atom stereocenters. The lowest BCUT2D eigenvalue weighted by molar-refractivity contribution is 0.0942. The Morgan fingerprint density at radius 2 is 1.26 bits per heavy atom. The van der Waals surface area contributed by atoms with Crippen LogP contribution in [-0.4, -0.2) is 10.5 Å². The van der Waals surface area contributed by atoms with E-state index in [-0.39, 0.29) is 5.91 Å². The SMILES string of the molecule is O=C(NCc1ccccc1)c1c(C#Cc2ccccc2)c2ccccc2n1Cc1ccccc1. The van der Waals surface area contributed by atoms with Crippen molar-refractivity contribution in [3.8, 4) is 11.8 Å². The lowest BCUT2D eigenvalue weighted by Gasteiger charge is -2.12. The van der Waals surface area contributed by atoms with E-state index in [0.717, 1.165) is 33.2 Å². The van der Waals surface area contributed by atoms with Gasteiger partial charge in [-0.15, -0.1) is 0 Å². The van der Waals surface area contributed by atoms with Gasteiger partial charge in [0.25, 0.3) is 5.91 Å². The third kappa shape index (κ3) is 4.62. The second kappa shape index (κ2) is 9.94. The normalized spacial score (nSPS) is 10.5. The second-order valence-electron chi connectivity index (χ2n) is 8.10. The number of hydrogen-bond acceptors (Lipinski definition) is 1. The summed E-state index contributed by atoms with van der Waals surface area (Å²) in [6.07, 6.45) is 0. The summed E-state index contributed by atoms with van der Waals surface area (Å²) in [5.41, 5.74) is 5.43. The van der Waals surface area contributed by atoms with Crippen molar-refractivity contribution in [2.24, 2.45) is 0 Å². The molecule has 0 unspecified atom stereocenters. The van der Waals surface area contributed by atoms with E-state index in [4.69, 9.17) is 0 Å². The predicted octanol–water partition coefficient (Wildman–Crippen LogP) is 6.02. The van der Waals surface area contributed by atoms with Gasteiger partial charge in [0.2, 0.25) is 0 Å². The molecular formula is C31H24N2O. The minimum absolute atomic E-state index is 0.131. The molecule has 0 bridgehead atoms. The summed E-state index contributed by atoms with van der Waals surface area (Å²) < 4.78 is 2.08. The average molecular weight is 441 g/mol. The Hall–Kier alpha value is -4.55. The van der Waals surface area contributed by atoms with Crippen LogP contribution in [-0.2, 0) is 13.1 Å². The number of benzene rings is 4. The number of rotatable bonds is 5. The van der Waals surface area contributed by atoms with Gasteiger partial charge in [-0.1, -0.05) is 109 Å². The second-order valence-corrected chi connectivity index (χ2v) is 8.10. The number of carbonyl (C=O) groups is 1. The maximum absolute atomic E-state index is 13.6. The van der Waals surface area contributed by atoms with Crippen molar-refractivity contribution in [3.63, 3.8) is 0 Å². The number of aromatic nitrogens is 1. The number of carbonyl (C=O) groups excluding carboxylic acids is 1. The monoisotopic (exact) mass is 440 g/mol. The average Bonchev–Trinajstić information content (AvgIpc) is 3.21. The molecule has 1 aromatic heterocycles. The van der Waals surface area contributed by atoms with E-state index in [1.165, 1.54) is 0 Å². The fraction of sp³-hybridized carbons (Fsp3) is 0.0645. The molecule has 0 aliphatic heterocycles. The molecule has 5 aromatic rings. The molecule has 0 saturated heterocycles. The van der Waals surface area contributed by atoms with Gasteiger partial charge in [0.05, 0.1) is 11.1 Å². The third-order valence-electron chi connectivity index (χ3n) is 5.77. The summed E-state index contributed by atoms with van der Waals surface area (Å²) in [4.78, 5) is 13.6. The molecule has 0 saturated carbocycles. The smallest absolute Gasteiger partial charge is 0.269 e. The molecule has 0 spiro atoms. The van der Waals surface area contributed by atoms with Crippen LogP contribution in [0.25, 0.3) is 10.9 Å². The van der Waals surface area contributed by atoms with Crippen molar-refractivity contribution >= 4 is 16.8 Å². The Kier molecular flexibility index (Phi) is 6.23. The van der Waals surface area contributed by atoms with E-state index >= 15 is 0 Å². The highest BCUT2D eigenvalue weighted by molar-refractivity contribution is 6.03. The van der Waals surface area contributed by atoms with Gasteiger partial charge in [-0.2, -0.15) is 0 Å². The van der Waals surface area contributed by atoms with Gasteiger partial charge in [-0.25, -0.2) is 0 Å². The minimum atomic E-state index is -0.131. The quantitative estimate of drug-likeness (QED) is 0.333. The molecule has 1 N–H and O–H groups in total. The van der Waals surface area contributed by atoms with Crippen molar-refractivity contribution in [2.75, 3.05) is 0 Å². The molecular weight excluding hydrogens is 416 g/mol. The van der Waals surface area contributed by atoms with Crippen LogP contribution < -0.4 is 5.32 Å². The van der Waals surface area contributed by atoms with Crippen LogP contribution in [0.2, 0.25) is 0 Å². The van der Waals surface area contributed by atoms with Crippen LogP contribution in [0.1, 0.15) is 32.7 Å². The van der Waals surface area contributed by atoms with Crippen LogP contribution in [0.5, 0.6) is 0 Å². The van der Waals surface area contributed by atoms with E-state index < -0.39 is 0 Å². The van der Waals surface area contributed by atoms with E-state index in [0.29, 0.717) is 18.8 Å². The van der Waals surface area contributed by atoms with Crippen molar-refractivity contribution in [1.29, 1.82) is 0 Å². The van der Waals surface area contributed by atoms with E-state index in [2.05, 4.69) is 39.9 Å². The van der Waals surface area contributed by atoms with E-state index in [9.17, 15) is 4.79 Å². The van der Waals surface area contributed by atoms with Crippen LogP contribution in [0, 0.1) is 11.8 Å². The zero-order valence-electron chi connectivity index (χ0n) is 18.7. The highest BCUT2D eigenvalue weighted by Gasteiger charge is 2.22. The molecule has 164 valence electrons. The molecule has 3 heteroatoms. The fourth-order valence-electron chi connectivity index (χ4n) is 4.11. The summed E-state index contributed by atoms with van der Waals surface area (Å²) in [7, 11) is 0. The van der Waals surface area contributed by atoms with Crippen molar-refractivity contribution in [2.45, 2.75) is 13.1 Å². The third-order valence-corrected chi connectivity index (χ3v) is 5.77. The van der Waals surface area contributed by atoms with Gasteiger partial charge in [0.15, 0.2) is 0 Å². The van der Waals surface area contributed by atoms with Crippen LogP contribution in [0.15, 0.2) is 115 Å². The molecule has 1 heterocycles. The van der Waals surface area contributed by atoms with Gasteiger partial charge in [-0.3, -0.25) is 4.79 Å². The van der Waals surface area contributed by atoms with Crippen molar-refractivity contribution in [1.82, 2.24) is 9.88 Å². The summed E-state index contributed by atoms with van der Waals surface area (Å²) in [5.74, 6) is 6.45. The van der Waals surface area contributed by atoms with Gasteiger partial charge in [0, 0.05) is 24.0 Å². The lowest BCUT2D eigenvalue weighted by atomic mass is 10.1. The number of para-hydroxylation sites is 1. The molecule has 1 amide bonds. The molecule has 0 aliphatic carbocycles. The minimum Gasteiger partial charge on any atom is -0.347 e. The molecule has 34 heavy (non-hydrogen) atoms. The predicted molar refractivity (Wildman–Crippen MR) is 138 cm³/mol. The molecule has 4 aromatic carbocycles. The fourth-order valence-corrected chi connectivity index (χ4v) is 4.11. The summed E-state index contributed by atoms with van der Waals surface area (Å²) in [6, 6.07) is 38.1. The van der Waals surface area contributed by atoms with Gasteiger partial charge >= 0.3 is 0 Å². The largest absolute Gasteiger partial charge is 0.347 e. The van der Waals surface area contributed by atoms with E-state index in [1.54, 1.807) is 0 Å². The van der Waals surface area contributed by atoms with Crippen molar-refractivity contribution < 1.29 is 4.79 Å². The zero-order chi connectivity index (χ0) is 23.2. The van der Waals surface area contributed by atoms with Gasteiger partial charge in [0.1, 0.15) is 5.69 Å². The first-order valence-corrected chi connectivity index (χ1v) is 11.3. The highest BCUT2D eigenvalue weighted by atomic mass is 16.1. The molecule has 0 radical (unpaired) electrons. The first-order chi connectivity index (χ1) is 16.8. The molecule has 5 rings (SSSR count). The summed E-state index contributed by atoms with van der Waals surface area (Å²) in [5, 5.41) is 4.09. The number of hydrogen-bond donors (Lipinski definition) is 1. The van der Waals surface area contributed by atoms with Crippen LogP contribution >= 0.6 is 0 Å². The number of fused-ring (bicyclic) bond motifs is 1. The summed E-state index contributed by atoms with van der Waals surface area (Å²) in [6.45, 7) is 1.04. The van der Waals surface area contributed by atoms with Gasteiger partial charge < -0.3 is 9.88 Å². The summed E-state index contributed by atoms with van der Waals surface area (Å²) >= 11 is 0. The molecule has 3 nitrogen and oxygen atoms in total. The van der Waals surface area contributed by atoms with Crippen LogP contribution in [0.3, 0.4) is 0 Å². The Bertz CT molecular complexity index is 1470.